The Morgan fingerprint density at radius 3 is 1.31 bits per heavy atom. The molecule has 85 heavy (non-hydrogen) atoms. The highest BCUT2D eigenvalue weighted by Crippen LogP contribution is 2.59. The second-order valence-corrected chi connectivity index (χ2v) is 24.6. The van der Waals surface area contributed by atoms with Gasteiger partial charge in [0.25, 0.3) is 0 Å². The van der Waals surface area contributed by atoms with Crippen LogP contribution in [0.4, 0.5) is 31.1 Å². The molecule has 6 rings (SSSR count). The first-order valence-electron chi connectivity index (χ1n) is 31.2. The Morgan fingerprint density at radius 1 is 0.506 bits per heavy atom. The number of rotatable bonds is 29. The van der Waals surface area contributed by atoms with E-state index in [1.54, 1.807) is 0 Å². The van der Waals surface area contributed by atoms with Crippen molar-refractivity contribution in [3.8, 4) is 11.5 Å². The number of esters is 1. The average molecular weight is 1210 g/mol. The van der Waals surface area contributed by atoms with Gasteiger partial charge in [0, 0.05) is 26.1 Å². The third-order valence-electron chi connectivity index (χ3n) is 18.2. The first kappa shape index (κ1) is 72.0. The molecule has 2 aromatic rings. The number of aliphatic carboxylic acids is 2. The van der Waals surface area contributed by atoms with Crippen molar-refractivity contribution in [2.45, 2.75) is 225 Å². The summed E-state index contributed by atoms with van der Waals surface area (Å²) in [6, 6.07) is 12.3. The van der Waals surface area contributed by atoms with Gasteiger partial charge in [-0.05, 0) is 185 Å². The highest BCUT2D eigenvalue weighted by atomic mass is 19.4. The Bertz CT molecular complexity index is 2310. The first-order valence-corrected chi connectivity index (χ1v) is 31.2. The summed E-state index contributed by atoms with van der Waals surface area (Å²) < 4.78 is 75.2. The number of nitrogens with one attached hydrogen (secondary N) is 5. The van der Waals surface area contributed by atoms with Gasteiger partial charge in [-0.3, -0.25) is 14.4 Å². The molecule has 0 bridgehead atoms. The van der Waals surface area contributed by atoms with Crippen LogP contribution in [0.25, 0.3) is 0 Å². The Balaban J connectivity index is 0.000000983. The van der Waals surface area contributed by atoms with Crippen molar-refractivity contribution in [2.75, 3.05) is 45.8 Å². The monoisotopic (exact) mass is 1210 g/mol. The Morgan fingerprint density at radius 2 is 0.882 bits per heavy atom. The fourth-order valence-electron chi connectivity index (χ4n) is 13.7. The van der Waals surface area contributed by atoms with Gasteiger partial charge in [-0.25, -0.2) is 14.4 Å². The molecule has 21 heteroatoms. The summed E-state index contributed by atoms with van der Waals surface area (Å²) in [5.74, 6) is -3.57. The van der Waals surface area contributed by atoms with Gasteiger partial charge in [0.1, 0.15) is 11.5 Å². The molecule has 4 aliphatic carbocycles. The van der Waals surface area contributed by atoms with Crippen LogP contribution in [-0.2, 0) is 47.6 Å². The SMILES string of the molecule is CCCCCNC(=O)[C@@]1(C)CCC[C@]2(C)c3cc(OC(=O)CCCNCCCCCCCCNCCCNC(=O)Oc4ccc5c(c4)[C@@]4(C)CCC[C@](C)(C(=O)NCCCCC)[C@@H]4CC5)ccc3CC[C@@H]12.O=C(O)C(F)(F)F.O=C(O)C(F)(F)F. The molecule has 0 heterocycles. The highest BCUT2D eigenvalue weighted by Gasteiger charge is 2.56. The van der Waals surface area contributed by atoms with E-state index in [0.29, 0.717) is 24.5 Å². The number of hydrogen-bond acceptors (Lipinski definition) is 10. The van der Waals surface area contributed by atoms with Crippen molar-refractivity contribution in [3.05, 3.63) is 58.7 Å². The number of aryl methyl sites for hydroxylation is 2. The van der Waals surface area contributed by atoms with Gasteiger partial charge < -0.3 is 46.3 Å². The van der Waals surface area contributed by atoms with Gasteiger partial charge in [0.15, 0.2) is 0 Å². The molecule has 0 radical (unpaired) electrons. The zero-order valence-electron chi connectivity index (χ0n) is 51.2. The molecule has 480 valence electrons. The van der Waals surface area contributed by atoms with Crippen LogP contribution < -0.4 is 36.1 Å². The summed E-state index contributed by atoms with van der Waals surface area (Å²) in [5.41, 5.74) is 4.13. The van der Waals surface area contributed by atoms with Crippen LogP contribution in [0.15, 0.2) is 36.4 Å². The van der Waals surface area contributed by atoms with Gasteiger partial charge in [-0.15, -0.1) is 0 Å². The number of hydrogen-bond donors (Lipinski definition) is 7. The van der Waals surface area contributed by atoms with Crippen molar-refractivity contribution < 1.29 is 74.8 Å². The van der Waals surface area contributed by atoms with E-state index in [4.69, 9.17) is 29.3 Å². The number of fused-ring (bicyclic) bond motifs is 6. The predicted molar refractivity (Wildman–Crippen MR) is 315 cm³/mol. The van der Waals surface area contributed by atoms with E-state index in [2.05, 4.69) is 92.4 Å². The van der Waals surface area contributed by atoms with E-state index in [0.717, 1.165) is 168 Å². The number of carbonyl (C=O) groups excluding carboxylic acids is 4. The van der Waals surface area contributed by atoms with E-state index in [-0.39, 0.29) is 45.9 Å². The largest absolute Gasteiger partial charge is 0.490 e. The minimum atomic E-state index is -5.08. The van der Waals surface area contributed by atoms with E-state index in [1.165, 1.54) is 47.9 Å². The van der Waals surface area contributed by atoms with Crippen LogP contribution >= 0.6 is 0 Å². The van der Waals surface area contributed by atoms with Crippen LogP contribution in [0.2, 0.25) is 0 Å². The molecule has 15 nitrogen and oxygen atoms in total. The lowest BCUT2D eigenvalue weighted by molar-refractivity contribution is -0.193. The number of carbonyl (C=O) groups is 6. The third kappa shape index (κ3) is 21.4. The van der Waals surface area contributed by atoms with E-state index >= 15 is 0 Å². The summed E-state index contributed by atoms with van der Waals surface area (Å²) in [6.45, 7) is 19.1. The topological polar surface area (TPSA) is 221 Å². The molecule has 0 unspecified atom stereocenters. The molecule has 3 amide bonds. The molecule has 0 saturated heterocycles. The zero-order chi connectivity index (χ0) is 62.9. The van der Waals surface area contributed by atoms with Crippen LogP contribution in [-0.4, -0.2) is 104 Å². The molecular formula is C64H97F6N5O10. The van der Waals surface area contributed by atoms with Gasteiger partial charge in [0.05, 0.1) is 10.8 Å². The molecule has 0 spiro atoms. The van der Waals surface area contributed by atoms with Crippen LogP contribution in [0, 0.1) is 22.7 Å². The minimum absolute atomic E-state index is 0.114. The van der Waals surface area contributed by atoms with Crippen LogP contribution in [0.5, 0.6) is 11.5 Å². The standard InChI is InChI=1S/C60H95N5O6.2C2HF3O2/c1-7-9-15-40-63-54(67)59(5)34-20-32-57(3)49-43-47(28-24-45(49)26-30-51(57)59)70-53(66)23-19-38-61-36-17-13-11-12-14-18-37-62-39-22-42-65-56(69)71-48-29-25-46-27-31-52-58(4,50(46)44-48)33-21-35-60(52,6)55(68)64-41-16-10-8-2;2*3-2(4,5)1(6)7/h24-25,28-29,43-44,51-52,61-62H,7-23,26-27,30-42H2,1-6H3,(H,63,67)(H,64,68)(H,65,69);2*(H,6,7)/t51-,52-,57-,58-,59+,60+;;/m1../s1. The first-order chi connectivity index (χ1) is 40.2. The number of unbranched alkanes of at least 4 members (excludes halogenated alkanes) is 9. The molecule has 2 aromatic carbocycles. The number of alkyl halides is 6. The summed E-state index contributed by atoms with van der Waals surface area (Å²) >= 11 is 0. The molecule has 4 aliphatic rings. The smallest absolute Gasteiger partial charge is 0.475 e. The highest BCUT2D eigenvalue weighted by molar-refractivity contribution is 5.84. The Kier molecular flexibility index (Phi) is 29.0. The summed E-state index contributed by atoms with van der Waals surface area (Å²) in [5, 5.41) is 30.8. The van der Waals surface area contributed by atoms with E-state index in [9.17, 15) is 45.5 Å². The lowest BCUT2D eigenvalue weighted by Gasteiger charge is -2.54. The number of amides is 3. The van der Waals surface area contributed by atoms with E-state index < -0.39 is 35.8 Å². The molecular weight excluding hydrogens is 1110 g/mol. The Labute approximate surface area is 499 Å². The van der Waals surface area contributed by atoms with Crippen molar-refractivity contribution in [1.82, 2.24) is 26.6 Å². The quantitative estimate of drug-likeness (QED) is 0.0175. The lowest BCUT2D eigenvalue weighted by Crippen LogP contribution is -2.55. The van der Waals surface area contributed by atoms with Crippen LogP contribution in [0.3, 0.4) is 0 Å². The van der Waals surface area contributed by atoms with E-state index in [1.807, 2.05) is 12.1 Å². The number of benzene rings is 2. The molecule has 0 aromatic heterocycles. The zero-order valence-corrected chi connectivity index (χ0v) is 51.2. The van der Waals surface area contributed by atoms with Gasteiger partial charge in [-0.2, -0.15) is 26.3 Å². The fraction of sp³-hybridized carbons (Fsp3) is 0.719. The minimum Gasteiger partial charge on any atom is -0.475 e. The van der Waals surface area contributed by atoms with Crippen molar-refractivity contribution in [2.24, 2.45) is 22.7 Å². The second kappa shape index (κ2) is 34.2. The maximum Gasteiger partial charge on any atom is 0.490 e. The number of carboxylic acid groups (broad SMARTS) is 2. The molecule has 6 atom stereocenters. The fourth-order valence-corrected chi connectivity index (χ4v) is 13.7. The summed E-state index contributed by atoms with van der Waals surface area (Å²) in [6.07, 6.45) is 15.0. The molecule has 7 N–H and O–H groups in total. The normalized spacial score (nSPS) is 23.1. The molecule has 2 saturated carbocycles. The van der Waals surface area contributed by atoms with Crippen molar-refractivity contribution in [3.63, 3.8) is 0 Å². The van der Waals surface area contributed by atoms with Gasteiger partial charge >= 0.3 is 36.4 Å². The number of halogens is 6. The maximum atomic E-state index is 13.6. The summed E-state index contributed by atoms with van der Waals surface area (Å²) in [4.78, 5) is 70.7. The summed E-state index contributed by atoms with van der Waals surface area (Å²) in [7, 11) is 0. The molecule has 0 aliphatic heterocycles. The van der Waals surface area contributed by atoms with Gasteiger partial charge in [0.2, 0.25) is 11.8 Å². The Hall–Kier alpha value is -5.44. The van der Waals surface area contributed by atoms with Crippen LogP contribution in [0.1, 0.15) is 211 Å². The predicted octanol–water partition coefficient (Wildman–Crippen LogP) is 13.0. The number of carboxylic acids is 2. The lowest BCUT2D eigenvalue weighted by atomic mass is 9.49. The average Bonchev–Trinajstić information content (AvgIpc) is 1.77. The third-order valence-corrected chi connectivity index (χ3v) is 18.2. The van der Waals surface area contributed by atoms with Crippen molar-refractivity contribution in [1.29, 1.82) is 0 Å². The van der Waals surface area contributed by atoms with Crippen molar-refractivity contribution >= 4 is 35.8 Å². The maximum absolute atomic E-state index is 13.6. The van der Waals surface area contributed by atoms with Gasteiger partial charge in [-0.1, -0.05) is 118 Å². The number of ether oxygens (including phenoxy) is 2. The molecule has 2 fully saturated rings. The second-order valence-electron chi connectivity index (χ2n) is 24.6.